The third kappa shape index (κ3) is 4.60. The molecule has 0 heterocycles. The van der Waals surface area contributed by atoms with Crippen LogP contribution in [0.5, 0.6) is 0 Å². The van der Waals surface area contributed by atoms with Gasteiger partial charge in [0.15, 0.2) is 0 Å². The maximum absolute atomic E-state index is 11.7. The van der Waals surface area contributed by atoms with Crippen LogP contribution in [0, 0.1) is 17.8 Å². The standard InChI is InChI=1S/C17H30N2O2/c1-17(2,3)21-16(20)19-14-8-13(9-14)18-10-15(11-4-5-11)12-6-7-12/h11-15,18H,4-10H2,1-3H3,(H,19,20). The van der Waals surface area contributed by atoms with Crippen LogP contribution >= 0.6 is 0 Å². The Kier molecular flexibility index (Phi) is 4.17. The molecular formula is C17H30N2O2. The minimum absolute atomic E-state index is 0.278. The minimum atomic E-state index is -0.409. The summed E-state index contributed by atoms with van der Waals surface area (Å²) in [5, 5.41) is 6.68. The molecule has 3 aliphatic rings. The van der Waals surface area contributed by atoms with Gasteiger partial charge in [-0.3, -0.25) is 0 Å². The summed E-state index contributed by atoms with van der Waals surface area (Å²) in [4.78, 5) is 11.7. The first-order valence-corrected chi connectivity index (χ1v) is 8.63. The van der Waals surface area contributed by atoms with Crippen molar-refractivity contribution in [3.63, 3.8) is 0 Å². The van der Waals surface area contributed by atoms with Crippen LogP contribution in [0.1, 0.15) is 59.3 Å². The summed E-state index contributed by atoms with van der Waals surface area (Å²) in [6, 6.07) is 0.877. The predicted molar refractivity (Wildman–Crippen MR) is 83.1 cm³/mol. The fourth-order valence-electron chi connectivity index (χ4n) is 3.45. The van der Waals surface area contributed by atoms with Gasteiger partial charge in [0.1, 0.15) is 5.60 Å². The third-order valence-electron chi connectivity index (χ3n) is 4.96. The van der Waals surface area contributed by atoms with Crippen molar-refractivity contribution in [2.24, 2.45) is 17.8 Å². The fraction of sp³-hybridized carbons (Fsp3) is 0.941. The number of hydrogen-bond donors (Lipinski definition) is 2. The molecule has 0 spiro atoms. The second kappa shape index (κ2) is 5.79. The lowest BCUT2D eigenvalue weighted by Gasteiger charge is -2.37. The molecule has 0 unspecified atom stereocenters. The molecule has 0 aliphatic heterocycles. The molecule has 21 heavy (non-hydrogen) atoms. The van der Waals surface area contributed by atoms with E-state index in [1.165, 1.54) is 32.2 Å². The number of hydrogen-bond acceptors (Lipinski definition) is 3. The van der Waals surface area contributed by atoms with E-state index in [1.54, 1.807) is 0 Å². The summed E-state index contributed by atoms with van der Waals surface area (Å²) < 4.78 is 5.29. The van der Waals surface area contributed by atoms with Crippen LogP contribution in [0.2, 0.25) is 0 Å². The van der Waals surface area contributed by atoms with Crippen molar-refractivity contribution in [3.8, 4) is 0 Å². The van der Waals surface area contributed by atoms with Gasteiger partial charge in [-0.25, -0.2) is 4.79 Å². The van der Waals surface area contributed by atoms with Crippen LogP contribution < -0.4 is 10.6 Å². The third-order valence-corrected chi connectivity index (χ3v) is 4.96. The molecule has 3 aliphatic carbocycles. The summed E-state index contributed by atoms with van der Waals surface area (Å²) in [6.07, 6.45) is 7.63. The summed E-state index contributed by atoms with van der Waals surface area (Å²) in [6.45, 7) is 6.88. The number of nitrogens with one attached hydrogen (secondary N) is 2. The van der Waals surface area contributed by atoms with Crippen molar-refractivity contribution >= 4 is 6.09 Å². The van der Waals surface area contributed by atoms with E-state index in [1.807, 2.05) is 20.8 Å². The predicted octanol–water partition coefficient (Wildman–Crippen LogP) is 3.07. The van der Waals surface area contributed by atoms with Gasteiger partial charge in [-0.2, -0.15) is 0 Å². The Hall–Kier alpha value is -0.770. The summed E-state index contributed by atoms with van der Waals surface area (Å²) in [5.41, 5.74) is -0.409. The Morgan fingerprint density at radius 1 is 1.10 bits per heavy atom. The van der Waals surface area contributed by atoms with Crippen molar-refractivity contribution in [2.45, 2.75) is 77.0 Å². The highest BCUT2D eigenvalue weighted by atomic mass is 16.6. The van der Waals surface area contributed by atoms with Crippen LogP contribution in [0.4, 0.5) is 4.79 Å². The molecule has 0 aromatic carbocycles. The largest absolute Gasteiger partial charge is 0.444 e. The Labute approximate surface area is 128 Å². The van der Waals surface area contributed by atoms with E-state index >= 15 is 0 Å². The zero-order valence-electron chi connectivity index (χ0n) is 13.7. The highest BCUT2D eigenvalue weighted by Crippen LogP contribution is 2.49. The van der Waals surface area contributed by atoms with E-state index in [4.69, 9.17) is 4.74 Å². The van der Waals surface area contributed by atoms with Gasteiger partial charge in [-0.1, -0.05) is 0 Å². The monoisotopic (exact) mass is 294 g/mol. The molecule has 2 N–H and O–H groups in total. The lowest BCUT2D eigenvalue weighted by Crippen LogP contribution is -2.54. The number of amides is 1. The number of ether oxygens (including phenoxy) is 1. The second-order valence-corrected chi connectivity index (χ2v) is 8.26. The Balaban J connectivity index is 1.30. The van der Waals surface area contributed by atoms with E-state index < -0.39 is 5.60 Å². The molecular weight excluding hydrogens is 264 g/mol. The van der Waals surface area contributed by atoms with Crippen LogP contribution in [0.15, 0.2) is 0 Å². The van der Waals surface area contributed by atoms with Gasteiger partial charge in [-0.15, -0.1) is 0 Å². The maximum Gasteiger partial charge on any atom is 0.407 e. The highest BCUT2D eigenvalue weighted by molar-refractivity contribution is 5.68. The van der Waals surface area contributed by atoms with Crippen molar-refractivity contribution in [3.05, 3.63) is 0 Å². The van der Waals surface area contributed by atoms with Crippen molar-refractivity contribution in [1.82, 2.24) is 10.6 Å². The average molecular weight is 294 g/mol. The molecule has 0 bridgehead atoms. The maximum atomic E-state index is 11.7. The van der Waals surface area contributed by atoms with Crippen LogP contribution in [0.25, 0.3) is 0 Å². The SMILES string of the molecule is CC(C)(C)OC(=O)NC1CC(NCC(C2CC2)C2CC2)C1. The van der Waals surface area contributed by atoms with Crippen LogP contribution in [-0.4, -0.2) is 30.3 Å². The van der Waals surface area contributed by atoms with Gasteiger partial charge in [-0.05, 0) is 83.6 Å². The fourth-order valence-corrected chi connectivity index (χ4v) is 3.45. The molecule has 120 valence electrons. The number of alkyl carbamates (subject to hydrolysis) is 1. The second-order valence-electron chi connectivity index (χ2n) is 8.26. The molecule has 1 amide bonds. The minimum Gasteiger partial charge on any atom is -0.444 e. The van der Waals surface area contributed by atoms with Crippen molar-refractivity contribution in [1.29, 1.82) is 0 Å². The molecule has 4 heteroatoms. The van der Waals surface area contributed by atoms with E-state index in [0.717, 1.165) is 30.6 Å². The molecule has 3 fully saturated rings. The van der Waals surface area contributed by atoms with Gasteiger partial charge in [0.2, 0.25) is 0 Å². The Morgan fingerprint density at radius 2 is 1.67 bits per heavy atom. The Morgan fingerprint density at radius 3 is 2.14 bits per heavy atom. The topological polar surface area (TPSA) is 50.4 Å². The number of carbonyl (C=O) groups is 1. The molecule has 0 aromatic heterocycles. The molecule has 0 saturated heterocycles. The Bertz CT molecular complexity index is 365. The molecule has 3 saturated carbocycles. The normalized spacial score (nSPS) is 29.1. The van der Waals surface area contributed by atoms with Gasteiger partial charge < -0.3 is 15.4 Å². The van der Waals surface area contributed by atoms with Crippen molar-refractivity contribution < 1.29 is 9.53 Å². The van der Waals surface area contributed by atoms with E-state index in [-0.39, 0.29) is 12.1 Å². The molecule has 0 atom stereocenters. The lowest BCUT2D eigenvalue weighted by atomic mass is 9.86. The first-order chi connectivity index (χ1) is 9.90. The molecule has 0 aromatic rings. The zero-order valence-corrected chi connectivity index (χ0v) is 13.7. The number of rotatable bonds is 6. The van der Waals surface area contributed by atoms with Gasteiger partial charge >= 0.3 is 6.09 Å². The average Bonchev–Trinajstić information content (AvgIpc) is 3.17. The first-order valence-electron chi connectivity index (χ1n) is 8.63. The molecule has 3 rings (SSSR count). The quantitative estimate of drug-likeness (QED) is 0.791. The van der Waals surface area contributed by atoms with Crippen molar-refractivity contribution in [2.75, 3.05) is 6.54 Å². The van der Waals surface area contributed by atoms with Crippen LogP contribution in [0.3, 0.4) is 0 Å². The summed E-state index contributed by atoms with van der Waals surface area (Å²) in [7, 11) is 0. The van der Waals surface area contributed by atoms with Gasteiger partial charge in [0.05, 0.1) is 0 Å². The summed E-state index contributed by atoms with van der Waals surface area (Å²) in [5.74, 6) is 2.96. The zero-order chi connectivity index (χ0) is 15.0. The lowest BCUT2D eigenvalue weighted by molar-refractivity contribution is 0.0464. The molecule has 4 nitrogen and oxygen atoms in total. The number of carbonyl (C=O) groups excluding carboxylic acids is 1. The van der Waals surface area contributed by atoms with Crippen LogP contribution in [-0.2, 0) is 4.74 Å². The van der Waals surface area contributed by atoms with Gasteiger partial charge in [0.25, 0.3) is 0 Å². The summed E-state index contributed by atoms with van der Waals surface area (Å²) >= 11 is 0. The van der Waals surface area contributed by atoms with E-state index in [2.05, 4.69) is 10.6 Å². The highest BCUT2D eigenvalue weighted by Gasteiger charge is 2.42. The van der Waals surface area contributed by atoms with E-state index in [9.17, 15) is 4.79 Å². The van der Waals surface area contributed by atoms with Gasteiger partial charge in [0, 0.05) is 12.1 Å². The smallest absolute Gasteiger partial charge is 0.407 e. The molecule has 0 radical (unpaired) electrons. The van der Waals surface area contributed by atoms with E-state index in [0.29, 0.717) is 6.04 Å². The first kappa shape index (κ1) is 15.1.